The molecule has 0 unspecified atom stereocenters. The third-order valence-corrected chi connectivity index (χ3v) is 4.13. The molecule has 0 spiro atoms. The third-order valence-electron chi connectivity index (χ3n) is 3.88. The normalized spacial score (nSPS) is 12.8. The largest absolute Gasteiger partial charge is 0.383 e. The highest BCUT2D eigenvalue weighted by atomic mass is 35.5. The molecule has 4 rings (SSSR count). The van der Waals surface area contributed by atoms with Crippen LogP contribution in [0.1, 0.15) is 11.3 Å². The molecule has 0 saturated carbocycles. The van der Waals surface area contributed by atoms with E-state index in [0.29, 0.717) is 17.4 Å². The van der Waals surface area contributed by atoms with E-state index in [1.165, 1.54) is 0 Å². The van der Waals surface area contributed by atoms with Gasteiger partial charge in [-0.3, -0.25) is 4.99 Å². The molecule has 0 aliphatic carbocycles. The molecular weight excluding hydrogens is 308 g/mol. The second-order valence-electron chi connectivity index (χ2n) is 5.32. The summed E-state index contributed by atoms with van der Waals surface area (Å²) in [6.07, 6.45) is 0. The third kappa shape index (κ3) is 2.37. The number of aromatic nitrogens is 2. The van der Waals surface area contributed by atoms with E-state index in [9.17, 15) is 0 Å². The van der Waals surface area contributed by atoms with Gasteiger partial charge >= 0.3 is 0 Å². The van der Waals surface area contributed by atoms with E-state index in [1.807, 2.05) is 54.6 Å². The Hall–Kier alpha value is -2.72. The zero-order valence-corrected chi connectivity index (χ0v) is 13.0. The molecule has 0 bridgehead atoms. The van der Waals surface area contributed by atoms with Crippen molar-refractivity contribution in [3.8, 4) is 22.4 Å². The van der Waals surface area contributed by atoms with Crippen molar-refractivity contribution in [3.63, 3.8) is 0 Å². The standard InChI is InChI=1S/C18H13ClN4/c19-13-8-6-11(7-9-13)15-16-14(10-21-18(16)20)22-23-17(15)12-4-2-1-3-5-12/h1-9H,10H2,(H2,20,21). The zero-order chi connectivity index (χ0) is 15.8. The van der Waals surface area contributed by atoms with E-state index in [-0.39, 0.29) is 0 Å². The summed E-state index contributed by atoms with van der Waals surface area (Å²) >= 11 is 6.03. The number of fused-ring (bicyclic) bond motifs is 1. The SMILES string of the molecule is NC1=NCc2nnc(-c3ccccc3)c(-c3ccc(Cl)cc3)c21. The van der Waals surface area contributed by atoms with Gasteiger partial charge in [0.05, 0.1) is 17.8 Å². The molecular formula is C18H13ClN4. The molecule has 3 aromatic rings. The van der Waals surface area contributed by atoms with Gasteiger partial charge in [-0.25, -0.2) is 0 Å². The first-order valence-electron chi connectivity index (χ1n) is 7.25. The average molecular weight is 321 g/mol. The van der Waals surface area contributed by atoms with E-state index >= 15 is 0 Å². The molecule has 0 atom stereocenters. The lowest BCUT2D eigenvalue weighted by Crippen LogP contribution is -2.14. The maximum absolute atomic E-state index is 6.12. The van der Waals surface area contributed by atoms with Crippen LogP contribution in [0.5, 0.6) is 0 Å². The highest BCUT2D eigenvalue weighted by Crippen LogP contribution is 2.36. The van der Waals surface area contributed by atoms with Crippen LogP contribution in [-0.4, -0.2) is 16.0 Å². The van der Waals surface area contributed by atoms with Gasteiger partial charge in [0, 0.05) is 16.1 Å². The molecule has 0 radical (unpaired) electrons. The number of hydrogen-bond donors (Lipinski definition) is 1. The molecule has 0 fully saturated rings. The van der Waals surface area contributed by atoms with Crippen LogP contribution in [0.15, 0.2) is 59.6 Å². The summed E-state index contributed by atoms with van der Waals surface area (Å²) in [7, 11) is 0. The van der Waals surface area contributed by atoms with Crippen molar-refractivity contribution in [2.75, 3.05) is 0 Å². The highest BCUT2D eigenvalue weighted by molar-refractivity contribution is 6.30. The topological polar surface area (TPSA) is 64.2 Å². The molecule has 23 heavy (non-hydrogen) atoms. The van der Waals surface area contributed by atoms with Crippen molar-refractivity contribution < 1.29 is 0 Å². The number of amidine groups is 1. The first-order valence-corrected chi connectivity index (χ1v) is 7.63. The summed E-state index contributed by atoms with van der Waals surface area (Å²) in [6, 6.07) is 17.6. The minimum atomic E-state index is 0.476. The second kappa shape index (κ2) is 5.48. The van der Waals surface area contributed by atoms with Crippen molar-refractivity contribution in [2.24, 2.45) is 10.7 Å². The Bertz CT molecular complexity index is 902. The molecule has 1 aliphatic rings. The van der Waals surface area contributed by atoms with Gasteiger partial charge in [-0.05, 0) is 17.7 Å². The summed E-state index contributed by atoms with van der Waals surface area (Å²) in [4.78, 5) is 4.31. The van der Waals surface area contributed by atoms with Gasteiger partial charge in [-0.15, -0.1) is 5.10 Å². The van der Waals surface area contributed by atoms with Crippen LogP contribution < -0.4 is 5.73 Å². The van der Waals surface area contributed by atoms with Crippen molar-refractivity contribution >= 4 is 17.4 Å². The predicted molar refractivity (Wildman–Crippen MR) is 92.3 cm³/mol. The summed E-state index contributed by atoms with van der Waals surface area (Å²) in [5.41, 5.74) is 11.6. The van der Waals surface area contributed by atoms with E-state index in [2.05, 4.69) is 15.2 Å². The van der Waals surface area contributed by atoms with Crippen LogP contribution in [0.3, 0.4) is 0 Å². The Morgan fingerprint density at radius 2 is 1.57 bits per heavy atom. The van der Waals surface area contributed by atoms with E-state index < -0.39 is 0 Å². The van der Waals surface area contributed by atoms with Gasteiger partial charge in [0.25, 0.3) is 0 Å². The van der Waals surface area contributed by atoms with Crippen LogP contribution in [0, 0.1) is 0 Å². The van der Waals surface area contributed by atoms with Gasteiger partial charge in [0.15, 0.2) is 0 Å². The van der Waals surface area contributed by atoms with Gasteiger partial charge in [-0.2, -0.15) is 5.10 Å². The van der Waals surface area contributed by atoms with Crippen LogP contribution in [-0.2, 0) is 6.54 Å². The lowest BCUT2D eigenvalue weighted by atomic mass is 9.94. The summed E-state index contributed by atoms with van der Waals surface area (Å²) < 4.78 is 0. The molecule has 2 heterocycles. The molecule has 112 valence electrons. The van der Waals surface area contributed by atoms with Crippen molar-refractivity contribution in [2.45, 2.75) is 6.54 Å². The Balaban J connectivity index is 2.03. The zero-order valence-electron chi connectivity index (χ0n) is 12.2. The van der Waals surface area contributed by atoms with Gasteiger partial charge in [-0.1, -0.05) is 54.1 Å². The van der Waals surface area contributed by atoms with Gasteiger partial charge in [0.2, 0.25) is 0 Å². The molecule has 0 amide bonds. The smallest absolute Gasteiger partial charge is 0.128 e. The first kappa shape index (κ1) is 13.9. The fraction of sp³-hybridized carbons (Fsp3) is 0.0556. The maximum Gasteiger partial charge on any atom is 0.128 e. The minimum Gasteiger partial charge on any atom is -0.383 e. The molecule has 4 nitrogen and oxygen atoms in total. The van der Waals surface area contributed by atoms with Crippen LogP contribution in [0.25, 0.3) is 22.4 Å². The van der Waals surface area contributed by atoms with E-state index in [0.717, 1.165) is 33.6 Å². The lowest BCUT2D eigenvalue weighted by molar-refractivity contribution is 0.923. The van der Waals surface area contributed by atoms with Crippen molar-refractivity contribution in [3.05, 3.63) is 70.9 Å². The lowest BCUT2D eigenvalue weighted by Gasteiger charge is -2.13. The molecule has 5 heteroatoms. The molecule has 1 aromatic heterocycles. The van der Waals surface area contributed by atoms with Crippen LogP contribution in [0.4, 0.5) is 0 Å². The number of rotatable bonds is 2. The summed E-state index contributed by atoms with van der Waals surface area (Å²) in [6.45, 7) is 0.476. The Labute approximate surface area is 138 Å². The predicted octanol–water partition coefficient (Wildman–Crippen LogP) is 3.68. The number of aliphatic imine (C=N–C) groups is 1. The number of benzene rings is 2. The van der Waals surface area contributed by atoms with Crippen LogP contribution in [0.2, 0.25) is 5.02 Å². The van der Waals surface area contributed by atoms with E-state index in [1.54, 1.807) is 0 Å². The monoisotopic (exact) mass is 320 g/mol. The van der Waals surface area contributed by atoms with Crippen LogP contribution >= 0.6 is 11.6 Å². The molecule has 0 saturated heterocycles. The fourth-order valence-corrected chi connectivity index (χ4v) is 2.92. The summed E-state index contributed by atoms with van der Waals surface area (Å²) in [5, 5.41) is 9.45. The Morgan fingerprint density at radius 3 is 2.30 bits per heavy atom. The Morgan fingerprint density at radius 1 is 0.826 bits per heavy atom. The number of halogens is 1. The summed E-state index contributed by atoms with van der Waals surface area (Å²) in [5.74, 6) is 0.511. The quantitative estimate of drug-likeness (QED) is 0.783. The van der Waals surface area contributed by atoms with Gasteiger partial charge < -0.3 is 5.73 Å². The second-order valence-corrected chi connectivity index (χ2v) is 5.76. The number of hydrogen-bond acceptors (Lipinski definition) is 4. The maximum atomic E-state index is 6.12. The van der Waals surface area contributed by atoms with E-state index in [4.69, 9.17) is 17.3 Å². The fourth-order valence-electron chi connectivity index (χ4n) is 2.79. The van der Waals surface area contributed by atoms with Crippen molar-refractivity contribution in [1.82, 2.24) is 10.2 Å². The number of nitrogens with two attached hydrogens (primary N) is 1. The number of nitrogens with zero attached hydrogens (tertiary/aromatic N) is 3. The van der Waals surface area contributed by atoms with Crippen molar-refractivity contribution in [1.29, 1.82) is 0 Å². The van der Waals surface area contributed by atoms with Gasteiger partial charge in [0.1, 0.15) is 11.5 Å². The molecule has 1 aliphatic heterocycles. The Kier molecular flexibility index (Phi) is 3.32. The minimum absolute atomic E-state index is 0.476. The first-order chi connectivity index (χ1) is 11.2. The molecule has 2 aromatic carbocycles. The highest BCUT2D eigenvalue weighted by Gasteiger charge is 2.24. The molecule has 2 N–H and O–H groups in total. The average Bonchev–Trinajstić information content (AvgIpc) is 2.97.